The molecule has 0 aliphatic rings. The number of hydrazone groups is 1. The standard InChI is InChI=1S/C24H19ClN2O5S2/c1-15-7-10-17(11-8-15)34(29,30)27-26-14-16-9-12-19(20(13-16)31-2)32-24(28)23-22(25)18-5-3-4-6-21(18)33-23/h3-14,27H,1-2H3/b26-14+. The van der Waals surface area contributed by atoms with Gasteiger partial charge in [0.15, 0.2) is 11.5 Å². The van der Waals surface area contributed by atoms with E-state index in [1.54, 1.807) is 24.3 Å². The number of benzene rings is 3. The topological polar surface area (TPSA) is 94.1 Å². The number of nitrogens with zero attached hydrogens (tertiary/aromatic N) is 1. The molecule has 4 aromatic rings. The van der Waals surface area contributed by atoms with Gasteiger partial charge < -0.3 is 9.47 Å². The number of sulfonamides is 1. The molecule has 3 aromatic carbocycles. The number of carbonyl (C=O) groups is 1. The van der Waals surface area contributed by atoms with Crippen LogP contribution < -0.4 is 14.3 Å². The van der Waals surface area contributed by atoms with Crippen LogP contribution in [0.5, 0.6) is 11.5 Å². The first kappa shape index (κ1) is 23.7. The Bertz CT molecular complexity index is 1500. The van der Waals surface area contributed by atoms with Gasteiger partial charge in [-0.15, -0.1) is 11.3 Å². The number of methoxy groups -OCH3 is 1. The average molecular weight is 515 g/mol. The molecule has 0 spiro atoms. The Morgan fingerprint density at radius 3 is 2.50 bits per heavy atom. The Balaban J connectivity index is 1.49. The SMILES string of the molecule is COc1cc(/C=N/NS(=O)(=O)c2ccc(C)cc2)ccc1OC(=O)c1sc2ccccc2c1Cl. The van der Waals surface area contributed by atoms with Crippen molar-refractivity contribution in [1.29, 1.82) is 0 Å². The van der Waals surface area contributed by atoms with Crippen molar-refractivity contribution in [2.24, 2.45) is 5.10 Å². The molecule has 0 atom stereocenters. The lowest BCUT2D eigenvalue weighted by Crippen LogP contribution is -2.18. The number of hydrogen-bond donors (Lipinski definition) is 1. The molecule has 1 aromatic heterocycles. The van der Waals surface area contributed by atoms with Crippen molar-refractivity contribution in [2.45, 2.75) is 11.8 Å². The van der Waals surface area contributed by atoms with Gasteiger partial charge in [-0.2, -0.15) is 13.5 Å². The molecule has 34 heavy (non-hydrogen) atoms. The zero-order chi connectivity index (χ0) is 24.3. The first-order valence-corrected chi connectivity index (χ1v) is 12.6. The van der Waals surface area contributed by atoms with Crippen LogP contribution in [-0.2, 0) is 10.0 Å². The molecule has 0 saturated heterocycles. The van der Waals surface area contributed by atoms with Crippen molar-refractivity contribution < 1.29 is 22.7 Å². The fourth-order valence-electron chi connectivity index (χ4n) is 3.08. The van der Waals surface area contributed by atoms with Gasteiger partial charge in [0.25, 0.3) is 10.0 Å². The molecule has 0 radical (unpaired) electrons. The fraction of sp³-hybridized carbons (Fsp3) is 0.0833. The molecule has 0 fully saturated rings. The average Bonchev–Trinajstić information content (AvgIpc) is 3.17. The van der Waals surface area contributed by atoms with Gasteiger partial charge in [0.1, 0.15) is 4.88 Å². The van der Waals surface area contributed by atoms with Gasteiger partial charge in [-0.3, -0.25) is 0 Å². The third kappa shape index (κ3) is 5.06. The van der Waals surface area contributed by atoms with Crippen molar-refractivity contribution in [2.75, 3.05) is 7.11 Å². The maximum absolute atomic E-state index is 12.7. The minimum Gasteiger partial charge on any atom is -0.493 e. The summed E-state index contributed by atoms with van der Waals surface area (Å²) in [6, 6.07) is 18.6. The smallest absolute Gasteiger partial charge is 0.355 e. The highest BCUT2D eigenvalue weighted by Gasteiger charge is 2.20. The quantitative estimate of drug-likeness (QED) is 0.154. The molecular weight excluding hydrogens is 496 g/mol. The van der Waals surface area contributed by atoms with Crippen molar-refractivity contribution in [3.8, 4) is 11.5 Å². The molecular formula is C24H19ClN2O5S2. The van der Waals surface area contributed by atoms with Crippen LogP contribution in [0, 0.1) is 6.92 Å². The molecule has 10 heteroatoms. The zero-order valence-corrected chi connectivity index (χ0v) is 20.5. The molecule has 0 unspecified atom stereocenters. The summed E-state index contributed by atoms with van der Waals surface area (Å²) in [4.78, 5) is 15.3. The van der Waals surface area contributed by atoms with E-state index in [1.807, 2.05) is 31.2 Å². The van der Waals surface area contributed by atoms with E-state index in [2.05, 4.69) is 9.93 Å². The number of esters is 1. The van der Waals surface area contributed by atoms with E-state index in [-0.39, 0.29) is 16.4 Å². The second-order valence-corrected chi connectivity index (χ2v) is 10.3. The van der Waals surface area contributed by atoms with Crippen LogP contribution in [0.1, 0.15) is 20.8 Å². The van der Waals surface area contributed by atoms with Crippen molar-refractivity contribution in [3.05, 3.63) is 87.8 Å². The van der Waals surface area contributed by atoms with Crippen LogP contribution in [0.2, 0.25) is 5.02 Å². The molecule has 0 amide bonds. The van der Waals surface area contributed by atoms with E-state index in [1.165, 1.54) is 42.9 Å². The van der Waals surface area contributed by atoms with Crippen LogP contribution in [0.25, 0.3) is 10.1 Å². The Kier molecular flexibility index (Phi) is 6.87. The lowest BCUT2D eigenvalue weighted by Gasteiger charge is -2.09. The largest absolute Gasteiger partial charge is 0.493 e. The molecule has 0 saturated carbocycles. The number of thiophene rings is 1. The molecule has 0 aliphatic heterocycles. The first-order chi connectivity index (χ1) is 16.3. The Morgan fingerprint density at radius 2 is 1.79 bits per heavy atom. The summed E-state index contributed by atoms with van der Waals surface area (Å²) in [5.74, 6) is -0.133. The maximum Gasteiger partial charge on any atom is 0.355 e. The summed E-state index contributed by atoms with van der Waals surface area (Å²) in [6.07, 6.45) is 1.32. The van der Waals surface area contributed by atoms with Gasteiger partial charge in [-0.25, -0.2) is 9.63 Å². The number of ether oxygens (including phenoxy) is 2. The third-order valence-corrected chi connectivity index (χ3v) is 7.72. The molecule has 1 heterocycles. The van der Waals surface area contributed by atoms with E-state index in [0.29, 0.717) is 15.5 Å². The fourth-order valence-corrected chi connectivity index (χ4v) is 5.26. The number of rotatable bonds is 7. The second-order valence-electron chi connectivity index (χ2n) is 7.21. The molecule has 174 valence electrons. The van der Waals surface area contributed by atoms with E-state index in [9.17, 15) is 13.2 Å². The molecule has 1 N–H and O–H groups in total. The van der Waals surface area contributed by atoms with E-state index in [0.717, 1.165) is 15.6 Å². The summed E-state index contributed by atoms with van der Waals surface area (Å²) < 4.78 is 36.4. The van der Waals surface area contributed by atoms with Gasteiger partial charge in [0.2, 0.25) is 0 Å². The van der Waals surface area contributed by atoms with E-state index >= 15 is 0 Å². The third-order valence-electron chi connectivity index (χ3n) is 4.83. The number of fused-ring (bicyclic) bond motifs is 1. The van der Waals surface area contributed by atoms with Crippen molar-refractivity contribution in [1.82, 2.24) is 4.83 Å². The van der Waals surface area contributed by atoms with Crippen LogP contribution >= 0.6 is 22.9 Å². The summed E-state index contributed by atoms with van der Waals surface area (Å²) in [6.45, 7) is 1.87. The zero-order valence-electron chi connectivity index (χ0n) is 18.1. The highest BCUT2D eigenvalue weighted by molar-refractivity contribution is 7.89. The molecule has 0 aliphatic carbocycles. The van der Waals surface area contributed by atoms with Crippen LogP contribution in [0.15, 0.2) is 76.7 Å². The lowest BCUT2D eigenvalue weighted by atomic mass is 10.2. The van der Waals surface area contributed by atoms with Crippen LogP contribution in [-0.4, -0.2) is 27.7 Å². The van der Waals surface area contributed by atoms with Crippen molar-refractivity contribution in [3.63, 3.8) is 0 Å². The van der Waals surface area contributed by atoms with Gasteiger partial charge in [-0.1, -0.05) is 47.5 Å². The Hall–Kier alpha value is -3.40. The van der Waals surface area contributed by atoms with Gasteiger partial charge >= 0.3 is 5.97 Å². The van der Waals surface area contributed by atoms with Gasteiger partial charge in [0, 0.05) is 10.1 Å². The predicted molar refractivity (Wildman–Crippen MR) is 134 cm³/mol. The van der Waals surface area contributed by atoms with Crippen molar-refractivity contribution >= 4 is 55.2 Å². The maximum atomic E-state index is 12.7. The monoisotopic (exact) mass is 514 g/mol. The Labute approximate surface area is 205 Å². The number of carbonyl (C=O) groups excluding carboxylic acids is 1. The summed E-state index contributed by atoms with van der Waals surface area (Å²) >= 11 is 7.61. The van der Waals surface area contributed by atoms with Crippen LogP contribution in [0.4, 0.5) is 0 Å². The highest BCUT2D eigenvalue weighted by Crippen LogP contribution is 2.37. The Morgan fingerprint density at radius 1 is 1.06 bits per heavy atom. The minimum atomic E-state index is -3.79. The summed E-state index contributed by atoms with van der Waals surface area (Å²) in [5.41, 5.74) is 1.48. The minimum absolute atomic E-state index is 0.106. The highest BCUT2D eigenvalue weighted by atomic mass is 35.5. The lowest BCUT2D eigenvalue weighted by molar-refractivity contribution is 0.0735. The normalized spacial score (nSPS) is 11.6. The van der Waals surface area contributed by atoms with Gasteiger partial charge in [0.05, 0.1) is 23.2 Å². The number of halogens is 1. The number of aryl methyl sites for hydroxylation is 1. The second kappa shape index (κ2) is 9.84. The van der Waals surface area contributed by atoms with Crippen LogP contribution in [0.3, 0.4) is 0 Å². The number of hydrogen-bond acceptors (Lipinski definition) is 7. The van der Waals surface area contributed by atoms with Gasteiger partial charge in [-0.05, 0) is 48.9 Å². The summed E-state index contributed by atoms with van der Waals surface area (Å²) in [7, 11) is -2.36. The number of nitrogens with one attached hydrogen (secondary N) is 1. The van der Waals surface area contributed by atoms with E-state index in [4.69, 9.17) is 21.1 Å². The molecule has 7 nitrogen and oxygen atoms in total. The molecule has 0 bridgehead atoms. The molecule has 4 rings (SSSR count). The van der Waals surface area contributed by atoms with E-state index < -0.39 is 16.0 Å². The first-order valence-electron chi connectivity index (χ1n) is 9.97. The summed E-state index contributed by atoms with van der Waals surface area (Å²) in [5, 5.41) is 4.95. The predicted octanol–water partition coefficient (Wildman–Crippen LogP) is 5.40.